The largest absolute Gasteiger partial charge is 0.338 e. The van der Waals surface area contributed by atoms with Crippen molar-refractivity contribution in [2.24, 2.45) is 11.3 Å². The lowest BCUT2D eigenvalue weighted by molar-refractivity contribution is -0.198. The van der Waals surface area contributed by atoms with Gasteiger partial charge in [0, 0.05) is 6.42 Å². The summed E-state index contributed by atoms with van der Waals surface area (Å²) in [4.78, 5) is 26.7. The molecule has 5 heteroatoms. The molecule has 5 nitrogen and oxygen atoms in total. The molecule has 0 saturated carbocycles. The van der Waals surface area contributed by atoms with Gasteiger partial charge < -0.3 is 5.21 Å². The summed E-state index contributed by atoms with van der Waals surface area (Å²) >= 11 is 0. The molecule has 2 N–H and O–H groups in total. The standard InChI is InChI=1S/C16H28N2O3/c1-14(2,3)10-8-12(19)17(13(10)20)11-9-15(4,5)18(21)16(11,6)7/h10-11,21H,8-9H2,1-7H3/p+1. The van der Waals surface area contributed by atoms with E-state index in [1.165, 1.54) is 4.90 Å². The fourth-order valence-corrected chi connectivity index (χ4v) is 3.81. The molecule has 0 aromatic heterocycles. The summed E-state index contributed by atoms with van der Waals surface area (Å²) in [6.45, 7) is 13.9. The molecular formula is C16H29N2O3+. The minimum absolute atomic E-state index is 0.0586. The van der Waals surface area contributed by atoms with Crippen LogP contribution in [0, 0.1) is 11.3 Å². The van der Waals surface area contributed by atoms with E-state index in [9.17, 15) is 9.59 Å². The third-order valence-corrected chi connectivity index (χ3v) is 5.23. The zero-order valence-electron chi connectivity index (χ0n) is 14.3. The van der Waals surface area contributed by atoms with E-state index in [-0.39, 0.29) is 34.7 Å². The van der Waals surface area contributed by atoms with E-state index >= 15 is 0 Å². The third-order valence-electron chi connectivity index (χ3n) is 5.23. The molecule has 2 atom stereocenters. The quantitative estimate of drug-likeness (QED) is 0.546. The number of carbonyl (C=O) groups is 2. The van der Waals surface area contributed by atoms with Crippen molar-refractivity contribution < 1.29 is 14.8 Å². The van der Waals surface area contributed by atoms with Crippen LogP contribution in [0.25, 0.3) is 0 Å². The number of imide groups is 1. The summed E-state index contributed by atoms with van der Waals surface area (Å²) in [7, 11) is 0. The van der Waals surface area contributed by atoms with E-state index < -0.39 is 5.54 Å². The Kier molecular flexibility index (Phi) is 3.54. The Balaban J connectivity index is 2.35. The molecule has 2 unspecified atom stereocenters. The minimum atomic E-state index is -0.526. The van der Waals surface area contributed by atoms with Crippen LogP contribution in [-0.2, 0) is 9.59 Å². The molecule has 0 aromatic carbocycles. The van der Waals surface area contributed by atoms with Crippen LogP contribution in [0.3, 0.4) is 0 Å². The average molecular weight is 297 g/mol. The first-order valence-electron chi connectivity index (χ1n) is 7.67. The van der Waals surface area contributed by atoms with Gasteiger partial charge in [0.2, 0.25) is 11.8 Å². The highest BCUT2D eigenvalue weighted by molar-refractivity contribution is 6.04. The fraction of sp³-hybridized carbons (Fsp3) is 0.875. The molecule has 21 heavy (non-hydrogen) atoms. The number of rotatable bonds is 1. The number of hydrogen-bond acceptors (Lipinski definition) is 3. The third kappa shape index (κ3) is 2.40. The van der Waals surface area contributed by atoms with Gasteiger partial charge in [-0.1, -0.05) is 25.8 Å². The number of hydrogen-bond donors (Lipinski definition) is 0. The summed E-state index contributed by atoms with van der Waals surface area (Å²) < 4.78 is 0. The summed E-state index contributed by atoms with van der Waals surface area (Å²) in [5, 5.41) is 9.87. The van der Waals surface area contributed by atoms with E-state index in [4.69, 9.17) is 5.21 Å². The molecule has 2 aliphatic heterocycles. The molecule has 0 aliphatic carbocycles. The highest BCUT2D eigenvalue weighted by atomic mass is 16.5. The zero-order chi connectivity index (χ0) is 16.4. The molecule has 2 saturated heterocycles. The zero-order valence-corrected chi connectivity index (χ0v) is 14.3. The first-order valence-corrected chi connectivity index (χ1v) is 7.67. The van der Waals surface area contributed by atoms with E-state index in [0.29, 0.717) is 12.8 Å². The number of nitrogens with zero attached hydrogens (tertiary/aromatic N) is 2. The van der Waals surface area contributed by atoms with E-state index in [0.717, 1.165) is 0 Å². The highest BCUT2D eigenvalue weighted by Gasteiger charge is 2.61. The van der Waals surface area contributed by atoms with Crippen molar-refractivity contribution in [3.63, 3.8) is 0 Å². The fourth-order valence-electron chi connectivity index (χ4n) is 3.81. The van der Waals surface area contributed by atoms with Crippen LogP contribution in [0.2, 0.25) is 0 Å². The molecule has 2 amide bonds. The lowest BCUT2D eigenvalue weighted by Crippen LogP contribution is -2.55. The van der Waals surface area contributed by atoms with Gasteiger partial charge in [0.15, 0.2) is 0 Å². The van der Waals surface area contributed by atoms with Crippen LogP contribution in [0.15, 0.2) is 0 Å². The first-order chi connectivity index (χ1) is 9.30. The predicted molar refractivity (Wildman–Crippen MR) is 81.4 cm³/mol. The number of likely N-dealkylation sites (tertiary alicyclic amines) is 1. The van der Waals surface area contributed by atoms with Crippen LogP contribution in [0.5, 0.6) is 0 Å². The predicted octanol–water partition coefficient (Wildman–Crippen LogP) is 1.68. The topological polar surface area (TPSA) is 63.5 Å². The second kappa shape index (κ2) is 4.53. The summed E-state index contributed by atoms with van der Waals surface area (Å²) in [5.74, 6) is -0.385. The number of hydroxylamine groups is 2. The smallest absolute Gasteiger partial charge is 0.233 e. The van der Waals surface area contributed by atoms with Gasteiger partial charge >= 0.3 is 0 Å². The Hall–Kier alpha value is -0.940. The number of amides is 2. The molecular weight excluding hydrogens is 268 g/mol. The Morgan fingerprint density at radius 1 is 1.14 bits per heavy atom. The minimum Gasteiger partial charge on any atom is -0.338 e. The monoisotopic (exact) mass is 297 g/mol. The van der Waals surface area contributed by atoms with E-state index in [2.05, 4.69) is 0 Å². The van der Waals surface area contributed by atoms with Gasteiger partial charge in [0.25, 0.3) is 0 Å². The van der Waals surface area contributed by atoms with Crippen LogP contribution < -0.4 is 0 Å². The van der Waals surface area contributed by atoms with Crippen LogP contribution in [0.1, 0.15) is 61.3 Å². The lowest BCUT2D eigenvalue weighted by Gasteiger charge is -2.35. The van der Waals surface area contributed by atoms with Crippen LogP contribution >= 0.6 is 0 Å². The van der Waals surface area contributed by atoms with Crippen molar-refractivity contribution >= 4 is 11.8 Å². The molecule has 2 rings (SSSR count). The van der Waals surface area contributed by atoms with Crippen molar-refractivity contribution in [1.82, 2.24) is 9.96 Å². The summed E-state index contributed by atoms with van der Waals surface area (Å²) in [6.07, 6.45) is 0.950. The molecule has 0 spiro atoms. The first kappa shape index (κ1) is 16.4. The van der Waals surface area contributed by atoms with Gasteiger partial charge in [-0.2, -0.15) is 0 Å². The second-order valence-electron chi connectivity index (χ2n) is 8.75. The molecule has 0 bridgehead atoms. The Morgan fingerprint density at radius 3 is 2.00 bits per heavy atom. The van der Waals surface area contributed by atoms with Crippen molar-refractivity contribution in [3.05, 3.63) is 0 Å². The van der Waals surface area contributed by atoms with Crippen LogP contribution in [0.4, 0.5) is 0 Å². The lowest BCUT2D eigenvalue weighted by atomic mass is 9.79. The molecule has 2 fully saturated rings. The van der Waals surface area contributed by atoms with Crippen molar-refractivity contribution in [2.75, 3.05) is 0 Å². The van der Waals surface area contributed by atoms with Gasteiger partial charge in [-0.25, -0.2) is 0 Å². The van der Waals surface area contributed by atoms with Gasteiger partial charge in [-0.05, 0) is 39.5 Å². The maximum atomic E-state index is 12.8. The molecule has 2 heterocycles. The van der Waals surface area contributed by atoms with Gasteiger partial charge in [0.05, 0.1) is 17.5 Å². The number of carbonyl (C=O) groups excluding carboxylic acids is 2. The van der Waals surface area contributed by atoms with E-state index in [1.807, 2.05) is 48.5 Å². The van der Waals surface area contributed by atoms with Crippen LogP contribution in [-0.4, -0.2) is 44.1 Å². The molecule has 2 aliphatic rings. The van der Waals surface area contributed by atoms with E-state index in [1.54, 1.807) is 5.06 Å². The summed E-state index contributed by atoms with van der Waals surface area (Å²) in [6, 6.07) is -0.225. The maximum Gasteiger partial charge on any atom is 0.233 e. The normalized spacial score (nSPS) is 33.0. The molecule has 0 aromatic rings. The SMILES string of the molecule is CC(C)(C)C1CC(=O)N(C2CC(C)(C)N([OH2+])C2(C)C)C1=O. The van der Waals surface area contributed by atoms with Gasteiger partial charge in [-0.15, -0.1) is 0 Å². The second-order valence-corrected chi connectivity index (χ2v) is 8.75. The molecule has 120 valence electrons. The highest BCUT2D eigenvalue weighted by Crippen LogP contribution is 2.45. The van der Waals surface area contributed by atoms with Gasteiger partial charge in [0.1, 0.15) is 5.54 Å². The molecule has 0 radical (unpaired) electrons. The average Bonchev–Trinajstić information content (AvgIpc) is 2.67. The maximum absolute atomic E-state index is 12.8. The Bertz CT molecular complexity index is 476. The summed E-state index contributed by atoms with van der Waals surface area (Å²) in [5.41, 5.74) is -1.07. The van der Waals surface area contributed by atoms with Crippen molar-refractivity contribution in [1.29, 1.82) is 0 Å². The van der Waals surface area contributed by atoms with Gasteiger partial charge in [-0.3, -0.25) is 14.5 Å². The van der Waals surface area contributed by atoms with Crippen molar-refractivity contribution in [2.45, 2.75) is 78.4 Å². The Morgan fingerprint density at radius 2 is 1.67 bits per heavy atom. The van der Waals surface area contributed by atoms with Crippen molar-refractivity contribution in [3.8, 4) is 0 Å². The Labute approximate surface area is 127 Å².